The van der Waals surface area contributed by atoms with Gasteiger partial charge in [-0.05, 0) is 49.2 Å². The molecule has 0 atom stereocenters. The van der Waals surface area contributed by atoms with Crippen molar-refractivity contribution in [3.05, 3.63) is 47.7 Å². The molecule has 36 heavy (non-hydrogen) atoms. The number of rotatable bonds is 6. The second-order valence-electron chi connectivity index (χ2n) is 9.08. The van der Waals surface area contributed by atoms with E-state index < -0.39 is 0 Å². The monoisotopic (exact) mass is 486 g/mol. The van der Waals surface area contributed by atoms with Gasteiger partial charge in [-0.1, -0.05) is 6.92 Å². The molecule has 9 heteroatoms. The van der Waals surface area contributed by atoms with Crippen LogP contribution in [0.15, 0.2) is 36.5 Å². The quantitative estimate of drug-likeness (QED) is 0.473. The molecule has 2 aliphatic rings. The first-order chi connectivity index (χ1) is 17.6. The van der Waals surface area contributed by atoms with E-state index in [1.165, 1.54) is 0 Å². The van der Waals surface area contributed by atoms with Crippen molar-refractivity contribution in [2.75, 3.05) is 44.0 Å². The number of carbonyl (C=O) groups is 1. The molecule has 1 aromatic heterocycles. The minimum atomic E-state index is -0.278. The van der Waals surface area contributed by atoms with Gasteiger partial charge in [0.05, 0.1) is 36.2 Å². The van der Waals surface area contributed by atoms with Crippen molar-refractivity contribution in [2.45, 2.75) is 32.2 Å². The Morgan fingerprint density at radius 2 is 2.11 bits per heavy atom. The van der Waals surface area contributed by atoms with Crippen LogP contribution in [0.2, 0.25) is 0 Å². The summed E-state index contributed by atoms with van der Waals surface area (Å²) in [4.78, 5) is 19.7. The van der Waals surface area contributed by atoms with E-state index in [0.29, 0.717) is 40.2 Å². The van der Waals surface area contributed by atoms with Crippen LogP contribution in [0.5, 0.6) is 11.5 Å². The molecule has 0 radical (unpaired) electrons. The maximum atomic E-state index is 12.9. The van der Waals surface area contributed by atoms with Crippen LogP contribution in [-0.2, 0) is 6.42 Å². The largest absolute Gasteiger partial charge is 0.494 e. The Bertz CT molecular complexity index is 1330. The third-order valence-electron chi connectivity index (χ3n) is 6.89. The number of pyridine rings is 1. The lowest BCUT2D eigenvalue weighted by molar-refractivity contribution is 0.203. The van der Waals surface area contributed by atoms with Crippen molar-refractivity contribution in [3.8, 4) is 17.6 Å². The number of amides is 2. The van der Waals surface area contributed by atoms with Crippen molar-refractivity contribution in [1.29, 1.82) is 5.26 Å². The van der Waals surface area contributed by atoms with Crippen molar-refractivity contribution >= 4 is 34.0 Å². The molecule has 1 saturated heterocycles. The molecule has 5 rings (SSSR count). The number of nitrogens with zero attached hydrogens (tertiary/aromatic N) is 3. The Morgan fingerprint density at radius 1 is 1.28 bits per heavy atom. The summed E-state index contributed by atoms with van der Waals surface area (Å²) in [5.74, 6) is 1.39. The molecule has 0 bridgehead atoms. The third kappa shape index (κ3) is 4.86. The van der Waals surface area contributed by atoms with Gasteiger partial charge in [0.25, 0.3) is 0 Å². The van der Waals surface area contributed by atoms with Gasteiger partial charge < -0.3 is 30.3 Å². The van der Waals surface area contributed by atoms with E-state index in [9.17, 15) is 10.1 Å². The van der Waals surface area contributed by atoms with Gasteiger partial charge in [-0.3, -0.25) is 4.98 Å². The summed E-state index contributed by atoms with van der Waals surface area (Å²) >= 11 is 0. The zero-order valence-electron chi connectivity index (χ0n) is 20.6. The fraction of sp³-hybridized carbons (Fsp3) is 0.370. The van der Waals surface area contributed by atoms with Crippen LogP contribution in [0.1, 0.15) is 30.9 Å². The highest BCUT2D eigenvalue weighted by atomic mass is 16.5. The van der Waals surface area contributed by atoms with Gasteiger partial charge in [0, 0.05) is 48.9 Å². The first-order valence-corrected chi connectivity index (χ1v) is 12.3. The number of hydrogen-bond acceptors (Lipinski definition) is 7. The maximum Gasteiger partial charge on any atom is 0.319 e. The number of fused-ring (bicyclic) bond motifs is 2. The van der Waals surface area contributed by atoms with Crippen LogP contribution in [0.4, 0.5) is 21.9 Å². The fourth-order valence-electron chi connectivity index (χ4n) is 4.85. The summed E-state index contributed by atoms with van der Waals surface area (Å²) in [6.07, 6.45) is 4.24. The highest BCUT2D eigenvalue weighted by Gasteiger charge is 2.21. The Morgan fingerprint density at radius 3 is 2.86 bits per heavy atom. The third-order valence-corrected chi connectivity index (χ3v) is 6.89. The first-order valence-electron chi connectivity index (χ1n) is 12.3. The highest BCUT2D eigenvalue weighted by Crippen LogP contribution is 2.37. The van der Waals surface area contributed by atoms with Gasteiger partial charge in [0.1, 0.15) is 17.6 Å². The zero-order chi connectivity index (χ0) is 25.1. The van der Waals surface area contributed by atoms with Crippen molar-refractivity contribution in [2.24, 2.45) is 0 Å². The maximum absolute atomic E-state index is 12.9. The average Bonchev–Trinajstić information content (AvgIpc) is 3.37. The molecular weight excluding hydrogens is 456 g/mol. The number of methoxy groups -OCH3 is 1. The molecule has 0 spiro atoms. The summed E-state index contributed by atoms with van der Waals surface area (Å²) in [5, 5.41) is 19.9. The lowest BCUT2D eigenvalue weighted by Crippen LogP contribution is -2.45. The highest BCUT2D eigenvalue weighted by molar-refractivity contribution is 6.01. The van der Waals surface area contributed by atoms with Gasteiger partial charge in [-0.2, -0.15) is 5.26 Å². The number of anilines is 3. The average molecular weight is 487 g/mol. The minimum Gasteiger partial charge on any atom is -0.494 e. The zero-order valence-corrected chi connectivity index (χ0v) is 20.6. The van der Waals surface area contributed by atoms with Crippen LogP contribution < -0.4 is 25.4 Å². The Kier molecular flexibility index (Phi) is 6.78. The molecule has 0 saturated carbocycles. The number of benzene rings is 2. The van der Waals surface area contributed by atoms with E-state index in [-0.39, 0.29) is 12.1 Å². The molecule has 186 valence electrons. The Labute approximate surface area is 210 Å². The summed E-state index contributed by atoms with van der Waals surface area (Å²) in [5.41, 5.74) is 4.17. The van der Waals surface area contributed by atoms with Crippen LogP contribution in [0, 0.1) is 11.3 Å². The Hall–Kier alpha value is -4.03. The molecule has 9 nitrogen and oxygen atoms in total. The van der Waals surface area contributed by atoms with Crippen molar-refractivity contribution < 1.29 is 14.3 Å². The van der Waals surface area contributed by atoms with Crippen LogP contribution >= 0.6 is 0 Å². The topological polar surface area (TPSA) is 112 Å². The number of nitrogens with one attached hydrogen (secondary N) is 3. The molecule has 3 N–H and O–H groups in total. The number of aromatic nitrogens is 1. The van der Waals surface area contributed by atoms with Gasteiger partial charge >= 0.3 is 6.03 Å². The van der Waals surface area contributed by atoms with Gasteiger partial charge in [-0.15, -0.1) is 0 Å². The molecule has 2 amide bonds. The van der Waals surface area contributed by atoms with E-state index >= 15 is 0 Å². The molecular formula is C27H30N6O3. The van der Waals surface area contributed by atoms with Crippen molar-refractivity contribution in [1.82, 2.24) is 15.2 Å². The second-order valence-corrected chi connectivity index (χ2v) is 9.08. The number of piperidine rings is 1. The lowest BCUT2D eigenvalue weighted by atomic mass is 10.1. The predicted octanol–water partition coefficient (Wildman–Crippen LogP) is 4.40. The predicted molar refractivity (Wildman–Crippen MR) is 139 cm³/mol. The molecule has 1 fully saturated rings. The molecule has 3 heterocycles. The minimum absolute atomic E-state index is 0.132. The van der Waals surface area contributed by atoms with Gasteiger partial charge in [0.15, 0.2) is 0 Å². The van der Waals surface area contributed by atoms with Gasteiger partial charge in [0.2, 0.25) is 0 Å². The van der Waals surface area contributed by atoms with E-state index in [1.54, 1.807) is 25.4 Å². The number of ether oxygens (including phenoxy) is 2. The van der Waals surface area contributed by atoms with E-state index in [0.717, 1.165) is 55.9 Å². The smallest absolute Gasteiger partial charge is 0.319 e. The fourth-order valence-corrected chi connectivity index (χ4v) is 4.85. The molecule has 0 aliphatic carbocycles. The number of carbonyl (C=O) groups excluding carboxylic acids is 1. The number of urea groups is 1. The van der Waals surface area contributed by atoms with E-state index in [4.69, 9.17) is 9.47 Å². The summed E-state index contributed by atoms with van der Waals surface area (Å²) in [6, 6.07) is 11.6. The molecule has 2 aliphatic heterocycles. The molecule has 3 aromatic rings. The van der Waals surface area contributed by atoms with Crippen LogP contribution in [0.25, 0.3) is 10.9 Å². The van der Waals surface area contributed by atoms with E-state index in [2.05, 4.69) is 38.8 Å². The van der Waals surface area contributed by atoms with Crippen molar-refractivity contribution in [3.63, 3.8) is 0 Å². The molecule has 0 unspecified atom stereocenters. The number of hydrogen-bond donors (Lipinski definition) is 3. The summed E-state index contributed by atoms with van der Waals surface area (Å²) in [7, 11) is 1.56. The second kappa shape index (κ2) is 10.3. The standard InChI is InChI=1S/C27H30N6O3/c1-3-33-9-6-19(7-10-33)31-27(34)32-23-13-21-22(14-25(23)35-2)29-16-18(15-28)26(21)30-20-4-5-24-17(12-20)8-11-36-24/h4-5,12-14,16,19H,3,6-11H2,1-2H3,(H,29,30)(H2,31,32,34). The normalized spacial score (nSPS) is 15.6. The SMILES string of the molecule is CCN1CCC(NC(=O)Nc2cc3c(Nc4ccc5c(c4)CCO5)c(C#N)cnc3cc2OC)CC1. The first kappa shape index (κ1) is 23.7. The summed E-state index contributed by atoms with van der Waals surface area (Å²) in [6.45, 7) is 5.82. The summed E-state index contributed by atoms with van der Waals surface area (Å²) < 4.78 is 11.2. The Balaban J connectivity index is 1.43. The molecule has 2 aromatic carbocycles. The van der Waals surface area contributed by atoms with E-state index in [1.807, 2.05) is 18.2 Å². The lowest BCUT2D eigenvalue weighted by Gasteiger charge is -2.31. The van der Waals surface area contributed by atoms with Crippen LogP contribution in [0.3, 0.4) is 0 Å². The number of likely N-dealkylation sites (tertiary alicyclic amines) is 1. The van der Waals surface area contributed by atoms with Gasteiger partial charge in [-0.25, -0.2) is 4.79 Å². The van der Waals surface area contributed by atoms with Crippen LogP contribution in [-0.4, -0.2) is 55.3 Å². The number of nitriles is 1.